The molecule has 2 rings (SSSR count). The second-order valence-electron chi connectivity index (χ2n) is 6.31. The van der Waals surface area contributed by atoms with Crippen molar-refractivity contribution in [2.24, 2.45) is 0 Å². The Kier molecular flexibility index (Phi) is 6.71. The van der Waals surface area contributed by atoms with Crippen LogP contribution in [0, 0.1) is 13.8 Å². The van der Waals surface area contributed by atoms with Crippen molar-refractivity contribution < 1.29 is 23.9 Å². The lowest BCUT2D eigenvalue weighted by molar-refractivity contribution is -0.155. The SMILES string of the molecule is CC(=O)c1cccc(OCC(=O)O[C@@H](C)C(=O)Nc2ccc(C)cc2C)c1. The first-order chi connectivity index (χ1) is 12.8. The van der Waals surface area contributed by atoms with Gasteiger partial charge in [0.15, 0.2) is 18.5 Å². The Hall–Kier alpha value is -3.15. The van der Waals surface area contributed by atoms with Crippen LogP contribution in [0.25, 0.3) is 0 Å². The zero-order chi connectivity index (χ0) is 20.0. The van der Waals surface area contributed by atoms with E-state index in [9.17, 15) is 14.4 Å². The van der Waals surface area contributed by atoms with Gasteiger partial charge in [0.2, 0.25) is 0 Å². The van der Waals surface area contributed by atoms with Crippen molar-refractivity contribution in [3.8, 4) is 5.75 Å². The summed E-state index contributed by atoms with van der Waals surface area (Å²) in [7, 11) is 0. The highest BCUT2D eigenvalue weighted by Crippen LogP contribution is 2.17. The van der Waals surface area contributed by atoms with Gasteiger partial charge in [-0.05, 0) is 51.5 Å². The van der Waals surface area contributed by atoms with E-state index in [1.807, 2.05) is 32.0 Å². The molecular formula is C21H23NO5. The summed E-state index contributed by atoms with van der Waals surface area (Å²) in [6.07, 6.45) is -0.967. The number of anilines is 1. The molecule has 6 heteroatoms. The van der Waals surface area contributed by atoms with Crippen LogP contribution < -0.4 is 10.1 Å². The molecule has 1 amide bonds. The number of ether oxygens (including phenoxy) is 2. The van der Waals surface area contributed by atoms with Crippen LogP contribution in [0.2, 0.25) is 0 Å². The Morgan fingerprint density at radius 1 is 1.07 bits per heavy atom. The fraction of sp³-hybridized carbons (Fsp3) is 0.286. The Bertz CT molecular complexity index is 859. The molecule has 0 radical (unpaired) electrons. The average Bonchev–Trinajstić information content (AvgIpc) is 2.62. The number of carbonyl (C=O) groups excluding carboxylic acids is 3. The summed E-state index contributed by atoms with van der Waals surface area (Å²) in [5, 5.41) is 2.74. The molecule has 1 atom stereocenters. The molecule has 0 fully saturated rings. The zero-order valence-electron chi connectivity index (χ0n) is 15.9. The minimum atomic E-state index is -0.967. The highest BCUT2D eigenvalue weighted by atomic mass is 16.6. The van der Waals surface area contributed by atoms with Gasteiger partial charge in [-0.25, -0.2) is 4.79 Å². The van der Waals surface area contributed by atoms with Gasteiger partial charge in [-0.1, -0.05) is 29.8 Å². The van der Waals surface area contributed by atoms with Crippen molar-refractivity contribution in [2.45, 2.75) is 33.8 Å². The molecule has 0 saturated heterocycles. The normalized spacial score (nSPS) is 11.4. The number of carbonyl (C=O) groups is 3. The van der Waals surface area contributed by atoms with Gasteiger partial charge in [-0.15, -0.1) is 0 Å². The quantitative estimate of drug-likeness (QED) is 0.597. The van der Waals surface area contributed by atoms with E-state index in [0.29, 0.717) is 17.0 Å². The highest BCUT2D eigenvalue weighted by Gasteiger charge is 2.19. The van der Waals surface area contributed by atoms with E-state index in [1.54, 1.807) is 24.3 Å². The van der Waals surface area contributed by atoms with Gasteiger partial charge in [-0.2, -0.15) is 0 Å². The van der Waals surface area contributed by atoms with E-state index >= 15 is 0 Å². The lowest BCUT2D eigenvalue weighted by Gasteiger charge is -2.15. The van der Waals surface area contributed by atoms with Gasteiger partial charge < -0.3 is 14.8 Å². The molecule has 0 heterocycles. The summed E-state index contributed by atoms with van der Waals surface area (Å²) in [4.78, 5) is 35.5. The summed E-state index contributed by atoms with van der Waals surface area (Å²) in [6.45, 7) is 6.44. The van der Waals surface area contributed by atoms with E-state index in [1.165, 1.54) is 13.8 Å². The molecule has 2 aromatic rings. The third-order valence-electron chi connectivity index (χ3n) is 3.91. The predicted octanol–water partition coefficient (Wildman–Crippen LogP) is 3.46. The molecule has 27 heavy (non-hydrogen) atoms. The Balaban J connectivity index is 1.86. The number of esters is 1. The molecule has 142 valence electrons. The molecule has 1 N–H and O–H groups in total. The largest absolute Gasteiger partial charge is 0.482 e. The van der Waals surface area contributed by atoms with Crippen molar-refractivity contribution in [2.75, 3.05) is 11.9 Å². The smallest absolute Gasteiger partial charge is 0.344 e. The number of benzene rings is 2. The van der Waals surface area contributed by atoms with Gasteiger partial charge >= 0.3 is 5.97 Å². The van der Waals surface area contributed by atoms with E-state index in [2.05, 4.69) is 5.32 Å². The van der Waals surface area contributed by atoms with Crippen LogP contribution in [-0.2, 0) is 14.3 Å². The number of Topliss-reactive ketones (excluding diaryl/α,β-unsaturated/α-hetero) is 1. The molecule has 0 aliphatic rings. The number of hydrogen-bond acceptors (Lipinski definition) is 5. The molecule has 2 aromatic carbocycles. The highest BCUT2D eigenvalue weighted by molar-refractivity contribution is 5.96. The number of ketones is 1. The first-order valence-corrected chi connectivity index (χ1v) is 8.57. The van der Waals surface area contributed by atoms with Gasteiger partial charge in [0.05, 0.1) is 0 Å². The number of amides is 1. The summed E-state index contributed by atoms with van der Waals surface area (Å²) >= 11 is 0. The Labute approximate surface area is 158 Å². The first-order valence-electron chi connectivity index (χ1n) is 8.57. The number of aryl methyl sites for hydroxylation is 2. The minimum Gasteiger partial charge on any atom is -0.482 e. The van der Waals surface area contributed by atoms with Gasteiger partial charge in [-0.3, -0.25) is 9.59 Å². The standard InChI is InChI=1S/C21H23NO5/c1-13-8-9-19(14(2)10-13)22-21(25)16(4)27-20(24)12-26-18-7-5-6-17(11-18)15(3)23/h5-11,16H,12H2,1-4H3,(H,22,25)/t16-/m0/s1. The minimum absolute atomic E-state index is 0.0975. The van der Waals surface area contributed by atoms with Crippen molar-refractivity contribution in [1.29, 1.82) is 0 Å². The second-order valence-corrected chi connectivity index (χ2v) is 6.31. The Morgan fingerprint density at radius 3 is 2.48 bits per heavy atom. The predicted molar refractivity (Wildman–Crippen MR) is 102 cm³/mol. The monoisotopic (exact) mass is 369 g/mol. The molecule has 0 bridgehead atoms. The van der Waals surface area contributed by atoms with Crippen LogP contribution in [0.5, 0.6) is 5.75 Å². The number of nitrogens with one attached hydrogen (secondary N) is 1. The lowest BCUT2D eigenvalue weighted by Crippen LogP contribution is -2.31. The number of rotatable bonds is 7. The maximum absolute atomic E-state index is 12.2. The van der Waals surface area contributed by atoms with Crippen LogP contribution in [-0.4, -0.2) is 30.4 Å². The zero-order valence-corrected chi connectivity index (χ0v) is 15.9. The molecule has 0 aliphatic carbocycles. The van der Waals surface area contributed by atoms with Crippen molar-refractivity contribution in [3.05, 3.63) is 59.2 Å². The molecular weight excluding hydrogens is 346 g/mol. The molecule has 6 nitrogen and oxygen atoms in total. The summed E-state index contributed by atoms with van der Waals surface area (Å²) in [5.74, 6) is -0.813. The lowest BCUT2D eigenvalue weighted by atomic mass is 10.1. The Morgan fingerprint density at radius 2 is 1.81 bits per heavy atom. The van der Waals surface area contributed by atoms with E-state index in [-0.39, 0.29) is 12.4 Å². The van der Waals surface area contributed by atoms with Gasteiger partial charge in [0.1, 0.15) is 5.75 Å². The average molecular weight is 369 g/mol. The molecule has 0 aliphatic heterocycles. The number of hydrogen-bond donors (Lipinski definition) is 1. The van der Waals surface area contributed by atoms with Crippen LogP contribution in [0.4, 0.5) is 5.69 Å². The molecule has 0 spiro atoms. The summed E-state index contributed by atoms with van der Waals surface area (Å²) < 4.78 is 10.4. The molecule has 0 aromatic heterocycles. The first kappa shape index (κ1) is 20.2. The topological polar surface area (TPSA) is 81.7 Å². The van der Waals surface area contributed by atoms with Crippen LogP contribution in [0.3, 0.4) is 0 Å². The van der Waals surface area contributed by atoms with Crippen molar-refractivity contribution >= 4 is 23.3 Å². The van der Waals surface area contributed by atoms with Gasteiger partial charge in [0, 0.05) is 11.3 Å². The summed E-state index contributed by atoms with van der Waals surface area (Å²) in [6, 6.07) is 12.2. The fourth-order valence-electron chi connectivity index (χ4n) is 2.42. The maximum atomic E-state index is 12.2. The van der Waals surface area contributed by atoms with E-state index in [0.717, 1.165) is 11.1 Å². The summed E-state index contributed by atoms with van der Waals surface area (Å²) in [5.41, 5.74) is 3.18. The second kappa shape index (κ2) is 8.98. The van der Waals surface area contributed by atoms with E-state index in [4.69, 9.17) is 9.47 Å². The molecule has 0 saturated carbocycles. The van der Waals surface area contributed by atoms with Crippen LogP contribution in [0.15, 0.2) is 42.5 Å². The van der Waals surface area contributed by atoms with Crippen LogP contribution >= 0.6 is 0 Å². The third kappa shape index (κ3) is 5.95. The van der Waals surface area contributed by atoms with Crippen molar-refractivity contribution in [3.63, 3.8) is 0 Å². The van der Waals surface area contributed by atoms with Crippen LogP contribution in [0.1, 0.15) is 35.3 Å². The van der Waals surface area contributed by atoms with Crippen molar-refractivity contribution in [1.82, 2.24) is 0 Å². The van der Waals surface area contributed by atoms with E-state index < -0.39 is 18.0 Å². The molecule has 0 unspecified atom stereocenters. The third-order valence-corrected chi connectivity index (χ3v) is 3.91. The fourth-order valence-corrected chi connectivity index (χ4v) is 2.42. The maximum Gasteiger partial charge on any atom is 0.344 e. The van der Waals surface area contributed by atoms with Gasteiger partial charge in [0.25, 0.3) is 5.91 Å².